The molecular weight excluding hydrogens is 248 g/mol. The number of aromatic amines is 1. The second-order valence-corrected chi connectivity index (χ2v) is 6.46. The minimum Gasteiger partial charge on any atom is -0.310 e. The highest BCUT2D eigenvalue weighted by molar-refractivity contribution is 5.66. The van der Waals surface area contributed by atoms with Gasteiger partial charge in [-0.15, -0.1) is 0 Å². The van der Waals surface area contributed by atoms with E-state index in [1.54, 1.807) is 0 Å². The molecule has 0 aliphatic carbocycles. The van der Waals surface area contributed by atoms with Gasteiger partial charge in [-0.3, -0.25) is 4.79 Å². The molecule has 0 saturated carbocycles. The fourth-order valence-corrected chi connectivity index (χ4v) is 2.23. The molecule has 0 amide bonds. The van der Waals surface area contributed by atoms with Gasteiger partial charge >= 0.3 is 0 Å². The predicted molar refractivity (Wildman–Crippen MR) is 83.2 cm³/mol. The molecule has 0 aliphatic heterocycles. The summed E-state index contributed by atoms with van der Waals surface area (Å²) in [6.45, 7) is 12.1. The van der Waals surface area contributed by atoms with Crippen LogP contribution in [-0.2, 0) is 5.41 Å². The van der Waals surface area contributed by atoms with Gasteiger partial charge in [-0.25, -0.2) is 4.98 Å². The summed E-state index contributed by atoms with van der Waals surface area (Å²) in [5, 5.41) is 0. The second-order valence-electron chi connectivity index (χ2n) is 6.46. The van der Waals surface area contributed by atoms with E-state index >= 15 is 0 Å². The quantitative estimate of drug-likeness (QED) is 0.859. The highest BCUT2D eigenvalue weighted by atomic mass is 16.1. The van der Waals surface area contributed by atoms with Crippen LogP contribution in [0.5, 0.6) is 0 Å². The van der Waals surface area contributed by atoms with Gasteiger partial charge in [0.05, 0.1) is 5.69 Å². The fraction of sp³-hybridized carbons (Fsp3) is 0.412. The number of nitrogens with zero attached hydrogens (tertiary/aromatic N) is 1. The van der Waals surface area contributed by atoms with Crippen LogP contribution < -0.4 is 5.56 Å². The van der Waals surface area contributed by atoms with E-state index in [4.69, 9.17) is 4.98 Å². The minimum atomic E-state index is -0.180. The fourth-order valence-electron chi connectivity index (χ4n) is 2.23. The van der Waals surface area contributed by atoms with Crippen molar-refractivity contribution in [3.05, 3.63) is 51.1 Å². The summed E-state index contributed by atoms with van der Waals surface area (Å²) in [7, 11) is 0. The molecule has 106 valence electrons. The Kier molecular flexibility index (Phi) is 3.55. The minimum absolute atomic E-state index is 0.0556. The van der Waals surface area contributed by atoms with Crippen molar-refractivity contribution in [1.82, 2.24) is 9.97 Å². The SMILES string of the molecule is Cc1ccc(-c2nc(C(C)(C)C)[nH]c(=O)c2C)c(C)c1. The second kappa shape index (κ2) is 4.89. The van der Waals surface area contributed by atoms with Crippen molar-refractivity contribution in [3.63, 3.8) is 0 Å². The van der Waals surface area contributed by atoms with E-state index in [1.807, 2.05) is 33.8 Å². The third-order valence-electron chi connectivity index (χ3n) is 3.50. The maximum absolute atomic E-state index is 12.2. The molecule has 0 radical (unpaired) electrons. The van der Waals surface area contributed by atoms with Gasteiger partial charge in [0, 0.05) is 16.5 Å². The van der Waals surface area contributed by atoms with Crippen LogP contribution in [0.4, 0.5) is 0 Å². The lowest BCUT2D eigenvalue weighted by Crippen LogP contribution is -2.24. The summed E-state index contributed by atoms with van der Waals surface area (Å²) in [5.41, 5.74) is 4.61. The van der Waals surface area contributed by atoms with Crippen LogP contribution in [0, 0.1) is 20.8 Å². The van der Waals surface area contributed by atoms with Crippen LogP contribution in [-0.4, -0.2) is 9.97 Å². The molecule has 2 aromatic rings. The van der Waals surface area contributed by atoms with Crippen molar-refractivity contribution in [1.29, 1.82) is 0 Å². The predicted octanol–water partition coefficient (Wildman–Crippen LogP) is 3.66. The Morgan fingerprint density at radius 1 is 1.10 bits per heavy atom. The smallest absolute Gasteiger partial charge is 0.254 e. The number of benzene rings is 1. The van der Waals surface area contributed by atoms with Crippen molar-refractivity contribution in [2.45, 2.75) is 47.0 Å². The van der Waals surface area contributed by atoms with E-state index in [-0.39, 0.29) is 11.0 Å². The molecule has 0 fully saturated rings. The molecular formula is C17H22N2O. The molecule has 3 heteroatoms. The van der Waals surface area contributed by atoms with Gasteiger partial charge in [0.1, 0.15) is 5.82 Å². The van der Waals surface area contributed by atoms with Gasteiger partial charge in [-0.2, -0.15) is 0 Å². The Labute approximate surface area is 120 Å². The first kappa shape index (κ1) is 14.5. The highest BCUT2D eigenvalue weighted by Gasteiger charge is 2.20. The molecule has 0 saturated heterocycles. The number of hydrogen-bond acceptors (Lipinski definition) is 2. The number of aromatic nitrogens is 2. The van der Waals surface area contributed by atoms with Crippen molar-refractivity contribution < 1.29 is 0 Å². The van der Waals surface area contributed by atoms with E-state index in [0.29, 0.717) is 5.56 Å². The van der Waals surface area contributed by atoms with Gasteiger partial charge in [0.15, 0.2) is 0 Å². The summed E-state index contributed by atoms with van der Waals surface area (Å²) in [6, 6.07) is 6.22. The lowest BCUT2D eigenvalue weighted by atomic mass is 9.94. The highest BCUT2D eigenvalue weighted by Crippen LogP contribution is 2.26. The van der Waals surface area contributed by atoms with Crippen molar-refractivity contribution >= 4 is 0 Å². The maximum Gasteiger partial charge on any atom is 0.254 e. The van der Waals surface area contributed by atoms with Crippen LogP contribution in [0.2, 0.25) is 0 Å². The molecule has 20 heavy (non-hydrogen) atoms. The number of aryl methyl sites for hydroxylation is 2. The molecule has 0 aliphatic rings. The number of H-pyrrole nitrogens is 1. The molecule has 1 aromatic heterocycles. The molecule has 3 nitrogen and oxygen atoms in total. The van der Waals surface area contributed by atoms with Crippen LogP contribution >= 0.6 is 0 Å². The van der Waals surface area contributed by atoms with E-state index in [1.165, 1.54) is 5.56 Å². The third kappa shape index (κ3) is 2.67. The summed E-state index contributed by atoms with van der Waals surface area (Å²) < 4.78 is 0. The lowest BCUT2D eigenvalue weighted by Gasteiger charge is -2.19. The van der Waals surface area contributed by atoms with E-state index in [0.717, 1.165) is 22.6 Å². The van der Waals surface area contributed by atoms with Crippen molar-refractivity contribution in [2.75, 3.05) is 0 Å². The maximum atomic E-state index is 12.2. The van der Waals surface area contributed by atoms with Gasteiger partial charge < -0.3 is 4.98 Å². The first-order chi connectivity index (χ1) is 9.20. The lowest BCUT2D eigenvalue weighted by molar-refractivity contribution is 0.542. The summed E-state index contributed by atoms with van der Waals surface area (Å²) in [6.07, 6.45) is 0. The third-order valence-corrected chi connectivity index (χ3v) is 3.50. The Bertz CT molecular complexity index is 706. The van der Waals surface area contributed by atoms with E-state index < -0.39 is 0 Å². The average molecular weight is 270 g/mol. The van der Waals surface area contributed by atoms with E-state index in [2.05, 4.69) is 31.0 Å². The Morgan fingerprint density at radius 2 is 1.75 bits per heavy atom. The zero-order chi connectivity index (χ0) is 15.1. The topological polar surface area (TPSA) is 45.8 Å². The van der Waals surface area contributed by atoms with Crippen LogP contribution in [0.1, 0.15) is 43.3 Å². The zero-order valence-corrected chi connectivity index (χ0v) is 13.1. The first-order valence-electron chi connectivity index (χ1n) is 6.89. The van der Waals surface area contributed by atoms with Crippen molar-refractivity contribution in [3.8, 4) is 11.3 Å². The summed E-state index contributed by atoms with van der Waals surface area (Å²) in [5.74, 6) is 0.725. The molecule has 1 heterocycles. The van der Waals surface area contributed by atoms with Crippen LogP contribution in [0.15, 0.2) is 23.0 Å². The first-order valence-corrected chi connectivity index (χ1v) is 6.89. The van der Waals surface area contributed by atoms with Crippen LogP contribution in [0.3, 0.4) is 0 Å². The van der Waals surface area contributed by atoms with Gasteiger partial charge in [0.2, 0.25) is 0 Å². The largest absolute Gasteiger partial charge is 0.310 e. The number of hydrogen-bond donors (Lipinski definition) is 1. The number of rotatable bonds is 1. The van der Waals surface area contributed by atoms with Gasteiger partial charge in [-0.05, 0) is 26.3 Å². The summed E-state index contributed by atoms with van der Waals surface area (Å²) >= 11 is 0. The molecule has 0 bridgehead atoms. The molecule has 1 aromatic carbocycles. The van der Waals surface area contributed by atoms with Crippen molar-refractivity contribution in [2.24, 2.45) is 0 Å². The molecule has 2 rings (SSSR count). The molecule has 0 unspecified atom stereocenters. The number of nitrogens with one attached hydrogen (secondary N) is 1. The monoisotopic (exact) mass is 270 g/mol. The van der Waals surface area contributed by atoms with E-state index in [9.17, 15) is 4.79 Å². The average Bonchev–Trinajstić information content (AvgIpc) is 2.32. The Balaban J connectivity index is 2.73. The molecule has 1 N–H and O–H groups in total. The van der Waals surface area contributed by atoms with Gasteiger partial charge in [0.25, 0.3) is 5.56 Å². The molecule has 0 spiro atoms. The Hall–Kier alpha value is -1.90. The Morgan fingerprint density at radius 3 is 2.30 bits per heavy atom. The van der Waals surface area contributed by atoms with Crippen LogP contribution in [0.25, 0.3) is 11.3 Å². The standard InChI is InChI=1S/C17H22N2O/c1-10-7-8-13(11(2)9-10)14-12(3)15(20)19-16(18-14)17(4,5)6/h7-9H,1-6H3,(H,18,19,20). The van der Waals surface area contributed by atoms with Gasteiger partial charge in [-0.1, -0.05) is 44.5 Å². The zero-order valence-electron chi connectivity index (χ0n) is 13.1. The summed E-state index contributed by atoms with van der Waals surface area (Å²) in [4.78, 5) is 19.8. The normalized spacial score (nSPS) is 11.7. The molecule has 0 atom stereocenters.